The average molecular weight is 409 g/mol. The van der Waals surface area contributed by atoms with Crippen molar-refractivity contribution in [3.05, 3.63) is 93.4 Å². The molecule has 0 aliphatic heterocycles. The highest BCUT2D eigenvalue weighted by atomic mass is 35.5. The van der Waals surface area contributed by atoms with Crippen molar-refractivity contribution in [2.24, 2.45) is 0 Å². The van der Waals surface area contributed by atoms with Crippen LogP contribution in [0.4, 0.5) is 18.9 Å². The number of amides is 1. The molecule has 1 amide bonds. The first-order valence-electron chi connectivity index (χ1n) is 7.88. The summed E-state index contributed by atoms with van der Waals surface area (Å²) in [6, 6.07) is 12.9. The Kier molecular flexibility index (Phi) is 5.41. The lowest BCUT2D eigenvalue weighted by atomic mass is 10.1. The number of alkyl halides is 3. The first kappa shape index (κ1) is 19.5. The number of nitrogens with one attached hydrogen (secondary N) is 1. The van der Waals surface area contributed by atoms with Crippen LogP contribution >= 0.6 is 11.6 Å². The van der Waals surface area contributed by atoms with Crippen LogP contribution in [-0.4, -0.2) is 10.6 Å². The third kappa shape index (κ3) is 4.52. The van der Waals surface area contributed by atoms with Crippen molar-refractivity contribution >= 4 is 23.2 Å². The number of halogens is 4. The van der Waals surface area contributed by atoms with E-state index in [2.05, 4.69) is 5.32 Å². The van der Waals surface area contributed by atoms with Crippen LogP contribution in [0.5, 0.6) is 5.75 Å². The van der Waals surface area contributed by atoms with Gasteiger partial charge in [0.05, 0.1) is 16.8 Å². The normalized spacial score (nSPS) is 11.1. The minimum atomic E-state index is -4.56. The zero-order valence-corrected chi connectivity index (χ0v) is 14.8. The lowest BCUT2D eigenvalue weighted by Gasteiger charge is -2.11. The number of hydrogen-bond acceptors (Lipinski definition) is 3. The molecule has 5 nitrogen and oxygen atoms in total. The molecular formula is C19H12ClF3N2O3. The molecule has 0 bridgehead atoms. The quantitative estimate of drug-likeness (QED) is 0.685. The molecule has 9 heteroatoms. The molecule has 0 saturated carbocycles. The van der Waals surface area contributed by atoms with Gasteiger partial charge in [0.25, 0.3) is 11.5 Å². The van der Waals surface area contributed by atoms with Gasteiger partial charge in [0, 0.05) is 17.3 Å². The summed E-state index contributed by atoms with van der Waals surface area (Å²) >= 11 is 5.96. The van der Waals surface area contributed by atoms with Gasteiger partial charge in [-0.1, -0.05) is 29.8 Å². The van der Waals surface area contributed by atoms with E-state index >= 15 is 0 Å². The van der Waals surface area contributed by atoms with E-state index in [1.54, 1.807) is 24.3 Å². The maximum Gasteiger partial charge on any atom is 0.416 e. The Morgan fingerprint density at radius 3 is 2.46 bits per heavy atom. The van der Waals surface area contributed by atoms with Crippen molar-refractivity contribution in [3.8, 4) is 5.75 Å². The van der Waals surface area contributed by atoms with E-state index in [1.807, 2.05) is 0 Å². The summed E-state index contributed by atoms with van der Waals surface area (Å²) in [5, 5.41) is 2.68. The van der Waals surface area contributed by atoms with Crippen molar-refractivity contribution in [1.82, 2.24) is 4.73 Å². The maximum atomic E-state index is 12.8. The fourth-order valence-corrected chi connectivity index (χ4v) is 2.45. The van der Waals surface area contributed by atoms with Crippen molar-refractivity contribution in [1.29, 1.82) is 0 Å². The Morgan fingerprint density at radius 1 is 1.04 bits per heavy atom. The Labute approximate surface area is 161 Å². The number of benzene rings is 2. The van der Waals surface area contributed by atoms with Crippen LogP contribution in [0.2, 0.25) is 5.02 Å². The molecule has 1 aromatic heterocycles. The summed E-state index contributed by atoms with van der Waals surface area (Å²) in [6.07, 6.45) is -3.31. The Hall–Kier alpha value is -3.26. The second-order valence-corrected chi connectivity index (χ2v) is 6.04. The number of hydrogen-bond donors (Lipinski definition) is 1. The third-order valence-electron chi connectivity index (χ3n) is 3.63. The largest absolute Gasteiger partial charge is 0.416 e. The first-order chi connectivity index (χ1) is 13.2. The smallest absolute Gasteiger partial charge is 0.371 e. The number of carbonyl (C=O) groups is 1. The third-order valence-corrected chi connectivity index (χ3v) is 3.94. The van der Waals surface area contributed by atoms with E-state index in [9.17, 15) is 22.8 Å². The zero-order valence-electron chi connectivity index (χ0n) is 14.0. The summed E-state index contributed by atoms with van der Waals surface area (Å²) in [7, 11) is 0. The maximum absolute atomic E-state index is 12.8. The van der Waals surface area contributed by atoms with Crippen molar-refractivity contribution in [2.45, 2.75) is 6.18 Å². The van der Waals surface area contributed by atoms with Gasteiger partial charge < -0.3 is 10.2 Å². The monoisotopic (exact) mass is 408 g/mol. The average Bonchev–Trinajstić information content (AvgIpc) is 2.65. The van der Waals surface area contributed by atoms with Gasteiger partial charge in [-0.25, -0.2) is 0 Å². The summed E-state index contributed by atoms with van der Waals surface area (Å²) in [5.74, 6) is -0.526. The molecule has 0 atom stereocenters. The highest BCUT2D eigenvalue weighted by Crippen LogP contribution is 2.29. The predicted octanol–water partition coefficient (Wildman–Crippen LogP) is 4.61. The fraction of sp³-hybridized carbons (Fsp3) is 0.0526. The number of carbonyl (C=O) groups excluding carboxylic acids is 1. The highest BCUT2D eigenvalue weighted by Gasteiger charge is 2.30. The van der Waals surface area contributed by atoms with Crippen molar-refractivity contribution < 1.29 is 22.8 Å². The van der Waals surface area contributed by atoms with Crippen LogP contribution in [0.15, 0.2) is 71.7 Å². The van der Waals surface area contributed by atoms with E-state index in [-0.39, 0.29) is 17.0 Å². The van der Waals surface area contributed by atoms with Gasteiger partial charge in [0.15, 0.2) is 5.75 Å². The number of aromatic nitrogens is 1. The van der Waals surface area contributed by atoms with Gasteiger partial charge in [0.2, 0.25) is 0 Å². The number of para-hydroxylation sites is 1. The topological polar surface area (TPSA) is 60.3 Å². The zero-order chi connectivity index (χ0) is 20.3. The van der Waals surface area contributed by atoms with Crippen LogP contribution in [0.3, 0.4) is 0 Å². The van der Waals surface area contributed by atoms with Crippen molar-refractivity contribution in [2.75, 3.05) is 5.32 Å². The van der Waals surface area contributed by atoms with Crippen molar-refractivity contribution in [3.63, 3.8) is 0 Å². The molecule has 3 aromatic rings. The molecule has 0 spiro atoms. The highest BCUT2D eigenvalue weighted by molar-refractivity contribution is 6.32. The molecule has 0 saturated heterocycles. The van der Waals surface area contributed by atoms with E-state index in [0.29, 0.717) is 5.02 Å². The lowest BCUT2D eigenvalue weighted by molar-refractivity contribution is -0.137. The van der Waals surface area contributed by atoms with Crippen LogP contribution in [0, 0.1) is 0 Å². The van der Waals surface area contributed by atoms with Gasteiger partial charge in [-0.05, 0) is 36.4 Å². The summed E-state index contributed by atoms with van der Waals surface area (Å²) in [4.78, 5) is 29.7. The van der Waals surface area contributed by atoms with E-state index in [0.717, 1.165) is 29.0 Å². The second-order valence-electron chi connectivity index (χ2n) is 5.63. The molecule has 0 radical (unpaired) electrons. The molecule has 0 fully saturated rings. The molecule has 28 heavy (non-hydrogen) atoms. The summed E-state index contributed by atoms with van der Waals surface area (Å²) in [6.45, 7) is 0. The predicted molar refractivity (Wildman–Crippen MR) is 97.6 cm³/mol. The van der Waals surface area contributed by atoms with Crippen LogP contribution in [0.25, 0.3) is 0 Å². The van der Waals surface area contributed by atoms with E-state index in [4.69, 9.17) is 16.4 Å². The number of rotatable bonds is 4. The van der Waals surface area contributed by atoms with Gasteiger partial charge in [-0.15, -0.1) is 4.73 Å². The van der Waals surface area contributed by atoms with Crippen LogP contribution in [-0.2, 0) is 6.18 Å². The van der Waals surface area contributed by atoms with Gasteiger partial charge in [-0.2, -0.15) is 13.2 Å². The van der Waals surface area contributed by atoms with Gasteiger partial charge >= 0.3 is 6.18 Å². The number of anilines is 1. The van der Waals surface area contributed by atoms with Gasteiger partial charge in [0.1, 0.15) is 0 Å². The fourth-order valence-electron chi connectivity index (χ4n) is 2.28. The Balaban J connectivity index is 1.77. The number of nitrogens with zero attached hydrogens (tertiary/aromatic N) is 1. The second kappa shape index (κ2) is 7.77. The SMILES string of the molecule is O=C(Nc1ccn(Oc2ccccc2Cl)c(=O)c1)c1cccc(C(F)(F)F)c1. The molecule has 144 valence electrons. The molecule has 3 rings (SSSR count). The minimum Gasteiger partial charge on any atom is -0.371 e. The van der Waals surface area contributed by atoms with Crippen LogP contribution < -0.4 is 15.7 Å². The van der Waals surface area contributed by atoms with E-state index in [1.165, 1.54) is 18.3 Å². The van der Waals surface area contributed by atoms with Crippen LogP contribution in [0.1, 0.15) is 15.9 Å². The Bertz CT molecular complexity index is 1080. The summed E-state index contributed by atoms with van der Waals surface area (Å²) in [5.41, 5.74) is -1.64. The molecule has 2 aromatic carbocycles. The molecule has 1 heterocycles. The molecule has 0 aliphatic rings. The Morgan fingerprint density at radius 2 is 1.79 bits per heavy atom. The first-order valence-corrected chi connectivity index (χ1v) is 8.26. The minimum absolute atomic E-state index is 0.103. The van der Waals surface area contributed by atoms with Gasteiger partial charge in [-0.3, -0.25) is 9.59 Å². The lowest BCUT2D eigenvalue weighted by Crippen LogP contribution is -2.24. The molecule has 1 N–H and O–H groups in total. The molecular weight excluding hydrogens is 397 g/mol. The number of pyridine rings is 1. The molecule has 0 aliphatic carbocycles. The summed E-state index contributed by atoms with van der Waals surface area (Å²) < 4.78 is 39.2. The molecule has 0 unspecified atom stereocenters. The van der Waals surface area contributed by atoms with E-state index < -0.39 is 23.2 Å². The standard InChI is InChI=1S/C19H12ClF3N2O3/c20-15-6-1-2-7-16(15)28-25-9-8-14(11-17(25)26)24-18(27)12-4-3-5-13(10-12)19(21,22)23/h1-11H,(H,24,27).